The molecule has 0 spiro atoms. The summed E-state index contributed by atoms with van der Waals surface area (Å²) in [4.78, 5) is 47.0. The number of benzene rings is 3. The minimum Gasteiger partial charge on any atom is -0.490 e. The van der Waals surface area contributed by atoms with E-state index in [0.29, 0.717) is 19.7 Å². The lowest BCUT2D eigenvalue weighted by Crippen LogP contribution is -2.62. The summed E-state index contributed by atoms with van der Waals surface area (Å²) in [7, 11) is 2.02. The number of piperazine rings is 1. The summed E-state index contributed by atoms with van der Waals surface area (Å²) in [5.41, 5.74) is 3.63. The van der Waals surface area contributed by atoms with Crippen LogP contribution in [0.5, 0.6) is 5.75 Å². The summed E-state index contributed by atoms with van der Waals surface area (Å²) < 4.78 is 5.91. The minimum absolute atomic E-state index is 0.0287. The molecule has 0 bridgehead atoms. The van der Waals surface area contributed by atoms with Crippen molar-refractivity contribution >= 4 is 23.5 Å². The standard InChI is InChI=1S/C33H36N6O4/c1-3-17-37(33(42)34-20-24-11-6-4-7-12-24)38-23-29(40)39-28(38)22-36(32(41)31(39)25-13-8-5-9-14-25)21-26-15-10-16-27-30(26)35(2)18-19-43-27/h3-16,28,31H,1,17-23H2,2H3,(H,34,42)/t28-,31+/m1/s1. The van der Waals surface area contributed by atoms with Crippen molar-refractivity contribution in [1.82, 2.24) is 25.1 Å². The predicted octanol–water partition coefficient (Wildman–Crippen LogP) is 3.38. The number of para-hydroxylation sites is 1. The number of nitrogens with one attached hydrogen (secondary N) is 1. The highest BCUT2D eigenvalue weighted by Gasteiger charge is 2.52. The molecule has 2 saturated heterocycles. The number of carbonyl (C=O) groups excluding carboxylic acids is 3. The van der Waals surface area contributed by atoms with Gasteiger partial charge < -0.3 is 24.8 Å². The Morgan fingerprint density at radius 2 is 1.79 bits per heavy atom. The van der Waals surface area contributed by atoms with Gasteiger partial charge in [-0.1, -0.05) is 78.9 Å². The third-order valence-electron chi connectivity index (χ3n) is 8.22. The summed E-state index contributed by atoms with van der Waals surface area (Å²) in [5, 5.41) is 6.28. The van der Waals surface area contributed by atoms with Crippen LogP contribution in [-0.4, -0.2) is 83.7 Å². The lowest BCUT2D eigenvalue weighted by Gasteiger charge is -2.46. The third-order valence-corrected chi connectivity index (χ3v) is 8.22. The molecule has 0 unspecified atom stereocenters. The van der Waals surface area contributed by atoms with Crippen molar-refractivity contribution in [3.63, 3.8) is 0 Å². The largest absolute Gasteiger partial charge is 0.490 e. The number of hydrogen-bond donors (Lipinski definition) is 1. The maximum atomic E-state index is 14.2. The smallest absolute Gasteiger partial charge is 0.332 e. The molecule has 0 saturated carbocycles. The first kappa shape index (κ1) is 28.3. The molecule has 6 rings (SSSR count). The second-order valence-corrected chi connectivity index (χ2v) is 11.0. The first-order valence-corrected chi connectivity index (χ1v) is 14.5. The van der Waals surface area contributed by atoms with Gasteiger partial charge in [-0.3, -0.25) is 14.6 Å². The van der Waals surface area contributed by atoms with Crippen molar-refractivity contribution in [1.29, 1.82) is 0 Å². The van der Waals surface area contributed by atoms with Gasteiger partial charge in [-0.25, -0.2) is 4.79 Å². The number of hydrogen-bond acceptors (Lipinski definition) is 6. The Hall–Kier alpha value is -4.83. The molecule has 4 amide bonds. The molecule has 0 aromatic heterocycles. The molecular formula is C33H36N6O4. The monoisotopic (exact) mass is 580 g/mol. The second kappa shape index (κ2) is 12.2. The van der Waals surface area contributed by atoms with Crippen molar-refractivity contribution < 1.29 is 19.1 Å². The number of nitrogens with zero attached hydrogens (tertiary/aromatic N) is 5. The van der Waals surface area contributed by atoms with E-state index in [1.54, 1.807) is 20.9 Å². The van der Waals surface area contributed by atoms with Gasteiger partial charge >= 0.3 is 6.03 Å². The van der Waals surface area contributed by atoms with E-state index in [1.807, 2.05) is 85.9 Å². The number of hydrazine groups is 1. The van der Waals surface area contributed by atoms with Crippen molar-refractivity contribution in [3.05, 3.63) is 108 Å². The van der Waals surface area contributed by atoms with Gasteiger partial charge in [-0.2, -0.15) is 5.01 Å². The molecule has 222 valence electrons. The molecule has 10 heteroatoms. The topological polar surface area (TPSA) is 88.7 Å². The van der Waals surface area contributed by atoms with Crippen LogP contribution in [0.3, 0.4) is 0 Å². The molecule has 3 aliphatic heterocycles. The Morgan fingerprint density at radius 1 is 1.05 bits per heavy atom. The zero-order valence-corrected chi connectivity index (χ0v) is 24.3. The highest BCUT2D eigenvalue weighted by molar-refractivity contribution is 5.92. The van der Waals surface area contributed by atoms with Crippen molar-refractivity contribution in [3.8, 4) is 5.75 Å². The number of anilines is 1. The van der Waals surface area contributed by atoms with E-state index in [1.165, 1.54) is 5.01 Å². The summed E-state index contributed by atoms with van der Waals surface area (Å²) in [5.74, 6) is 0.433. The molecular weight excluding hydrogens is 544 g/mol. The Balaban J connectivity index is 1.33. The summed E-state index contributed by atoms with van der Waals surface area (Å²) in [6, 6.07) is 23.8. The number of fused-ring (bicyclic) bond motifs is 2. The van der Waals surface area contributed by atoms with Crippen LogP contribution in [-0.2, 0) is 22.7 Å². The molecule has 10 nitrogen and oxygen atoms in total. The van der Waals surface area contributed by atoms with Crippen LogP contribution in [0, 0.1) is 0 Å². The lowest BCUT2D eigenvalue weighted by atomic mass is 9.99. The molecule has 3 aromatic rings. The first-order chi connectivity index (χ1) is 21.0. The van der Waals surface area contributed by atoms with Gasteiger partial charge in [-0.15, -0.1) is 6.58 Å². The van der Waals surface area contributed by atoms with Gasteiger partial charge in [0.25, 0.3) is 5.91 Å². The lowest BCUT2D eigenvalue weighted by molar-refractivity contribution is -0.158. The molecule has 0 aliphatic carbocycles. The molecule has 3 aliphatic rings. The quantitative estimate of drug-likeness (QED) is 0.411. The van der Waals surface area contributed by atoms with Gasteiger partial charge in [-0.05, 0) is 22.8 Å². The van der Waals surface area contributed by atoms with Gasteiger partial charge in [0.15, 0.2) is 0 Å². The van der Waals surface area contributed by atoms with Gasteiger partial charge in [0.1, 0.15) is 24.6 Å². The van der Waals surface area contributed by atoms with E-state index >= 15 is 0 Å². The number of amides is 4. The van der Waals surface area contributed by atoms with E-state index in [-0.39, 0.29) is 37.5 Å². The fourth-order valence-corrected chi connectivity index (χ4v) is 6.19. The van der Waals surface area contributed by atoms with Crippen molar-refractivity contribution in [2.75, 3.05) is 44.7 Å². The first-order valence-electron chi connectivity index (χ1n) is 14.5. The molecule has 43 heavy (non-hydrogen) atoms. The number of carbonyl (C=O) groups is 3. The van der Waals surface area contributed by atoms with Crippen LogP contribution in [0.15, 0.2) is 91.5 Å². The van der Waals surface area contributed by atoms with E-state index in [9.17, 15) is 14.4 Å². The van der Waals surface area contributed by atoms with Crippen LogP contribution in [0.1, 0.15) is 22.7 Å². The summed E-state index contributed by atoms with van der Waals surface area (Å²) >= 11 is 0. The second-order valence-electron chi connectivity index (χ2n) is 11.0. The van der Waals surface area contributed by atoms with Crippen LogP contribution in [0.25, 0.3) is 0 Å². The number of rotatable bonds is 8. The van der Waals surface area contributed by atoms with Gasteiger partial charge in [0.2, 0.25) is 5.91 Å². The average Bonchev–Trinajstić information content (AvgIpc) is 3.35. The number of urea groups is 1. The predicted molar refractivity (Wildman–Crippen MR) is 163 cm³/mol. The molecule has 2 atom stereocenters. The zero-order chi connectivity index (χ0) is 29.9. The summed E-state index contributed by atoms with van der Waals surface area (Å²) in [6.07, 6.45) is 1.09. The SMILES string of the molecule is C=CCN(C(=O)NCc1ccccc1)N1CC(=O)N2[C@@H](c3ccccc3)C(=O)N(Cc3cccc4c3N(C)CCO4)C[C@@H]21. The Morgan fingerprint density at radius 3 is 2.53 bits per heavy atom. The molecule has 1 N–H and O–H groups in total. The highest BCUT2D eigenvalue weighted by atomic mass is 16.5. The van der Waals surface area contributed by atoms with E-state index < -0.39 is 12.2 Å². The Labute approximate surface area is 251 Å². The van der Waals surface area contributed by atoms with Crippen molar-refractivity contribution in [2.45, 2.75) is 25.3 Å². The fraction of sp³-hybridized carbons (Fsp3) is 0.303. The van der Waals surface area contributed by atoms with Crippen molar-refractivity contribution in [2.24, 2.45) is 0 Å². The van der Waals surface area contributed by atoms with E-state index in [2.05, 4.69) is 16.8 Å². The minimum atomic E-state index is -0.816. The van der Waals surface area contributed by atoms with Gasteiger partial charge in [0.05, 0.1) is 31.9 Å². The average molecular weight is 581 g/mol. The van der Waals surface area contributed by atoms with E-state index in [4.69, 9.17) is 4.74 Å². The number of likely N-dealkylation sites (N-methyl/N-ethyl adjacent to an activating group) is 1. The molecule has 3 heterocycles. The van der Waals surface area contributed by atoms with Crippen LogP contribution in [0.2, 0.25) is 0 Å². The maximum Gasteiger partial charge on any atom is 0.332 e. The Kier molecular flexibility index (Phi) is 8.02. The normalized spacial score (nSPS) is 19.9. The Bertz CT molecular complexity index is 1500. The molecule has 3 aromatic carbocycles. The van der Waals surface area contributed by atoms with Crippen LogP contribution >= 0.6 is 0 Å². The number of ether oxygens (including phenoxy) is 1. The summed E-state index contributed by atoms with van der Waals surface area (Å²) in [6.45, 7) is 6.31. The zero-order valence-electron chi connectivity index (χ0n) is 24.3. The fourth-order valence-electron chi connectivity index (χ4n) is 6.19. The third kappa shape index (κ3) is 5.53. The van der Waals surface area contributed by atoms with Crippen LogP contribution in [0.4, 0.5) is 10.5 Å². The van der Waals surface area contributed by atoms with Crippen LogP contribution < -0.4 is 15.0 Å². The van der Waals surface area contributed by atoms with E-state index in [0.717, 1.165) is 34.7 Å². The highest BCUT2D eigenvalue weighted by Crippen LogP contribution is 2.39. The maximum absolute atomic E-state index is 14.2. The molecule has 0 radical (unpaired) electrons. The van der Waals surface area contributed by atoms with Gasteiger partial charge in [0, 0.05) is 20.1 Å². The molecule has 2 fully saturated rings.